The highest BCUT2D eigenvalue weighted by molar-refractivity contribution is 5.82. The molecule has 5 nitrogen and oxygen atoms in total. The number of ketones is 1. The number of aryl methyl sites for hydroxylation is 2. The van der Waals surface area contributed by atoms with E-state index in [9.17, 15) is 19.8 Å². The van der Waals surface area contributed by atoms with Gasteiger partial charge in [-0.1, -0.05) is 132 Å². The van der Waals surface area contributed by atoms with Gasteiger partial charge in [0.1, 0.15) is 17.3 Å². The average Bonchev–Trinajstić information content (AvgIpc) is 2.89. The van der Waals surface area contributed by atoms with Crippen LogP contribution in [0.1, 0.15) is 143 Å². The first-order valence-electron chi connectivity index (χ1n) is 16.8. The number of carbonyl (C=O) groups is 2. The summed E-state index contributed by atoms with van der Waals surface area (Å²) in [6.07, 6.45) is 9.47. The molecule has 254 valence electrons. The first-order valence-corrected chi connectivity index (χ1v) is 16.8. The van der Waals surface area contributed by atoms with Crippen molar-refractivity contribution in [1.82, 2.24) is 5.32 Å². The summed E-state index contributed by atoms with van der Waals surface area (Å²) in [5, 5.41) is 25.2. The van der Waals surface area contributed by atoms with Crippen molar-refractivity contribution in [2.45, 2.75) is 150 Å². The molecule has 1 atom stereocenters. The predicted octanol–water partition coefficient (Wildman–Crippen LogP) is 9.43. The van der Waals surface area contributed by atoms with Gasteiger partial charge in [-0.3, -0.25) is 9.59 Å². The van der Waals surface area contributed by atoms with Crippen molar-refractivity contribution in [1.29, 1.82) is 0 Å². The molecule has 0 saturated heterocycles. The number of carbonyl (C=O) groups excluding carboxylic acids is 2. The lowest BCUT2D eigenvalue weighted by atomic mass is 9.78. The summed E-state index contributed by atoms with van der Waals surface area (Å²) in [6, 6.07) is 7.68. The molecule has 0 fully saturated rings. The van der Waals surface area contributed by atoms with Crippen LogP contribution in [0.2, 0.25) is 0 Å². The fourth-order valence-electron chi connectivity index (χ4n) is 5.61. The summed E-state index contributed by atoms with van der Waals surface area (Å²) in [5.41, 5.74) is 4.63. The fraction of sp³-hybridized carbons (Fsp3) is 0.561. The summed E-state index contributed by atoms with van der Waals surface area (Å²) < 4.78 is 0. The number of Topliss-reactive ketones (excluding diaryl/α,β-unsaturated/α-hetero) is 1. The molecule has 2 rings (SSSR count). The van der Waals surface area contributed by atoms with Crippen LogP contribution in [0.15, 0.2) is 48.6 Å². The van der Waals surface area contributed by atoms with Gasteiger partial charge in [0.05, 0.1) is 6.04 Å². The molecule has 0 bridgehead atoms. The van der Waals surface area contributed by atoms with E-state index in [-0.39, 0.29) is 46.2 Å². The number of hydrogen-bond donors (Lipinski definition) is 3. The average molecular weight is 632 g/mol. The summed E-state index contributed by atoms with van der Waals surface area (Å²) in [5.74, 6) is 0.621. The van der Waals surface area contributed by atoms with Crippen molar-refractivity contribution in [3.05, 3.63) is 82.0 Å². The van der Waals surface area contributed by atoms with E-state index in [4.69, 9.17) is 0 Å². The normalized spacial score (nSPS) is 13.8. The van der Waals surface area contributed by atoms with Crippen LogP contribution in [0.5, 0.6) is 11.5 Å². The topological polar surface area (TPSA) is 86.6 Å². The maximum Gasteiger partial charge on any atom is 0.220 e. The van der Waals surface area contributed by atoms with Crippen LogP contribution in [-0.2, 0) is 44.1 Å². The highest BCUT2D eigenvalue weighted by Crippen LogP contribution is 2.41. The quantitative estimate of drug-likeness (QED) is 0.216. The smallest absolute Gasteiger partial charge is 0.220 e. The van der Waals surface area contributed by atoms with Crippen LogP contribution < -0.4 is 5.32 Å². The molecule has 0 aliphatic carbocycles. The largest absolute Gasteiger partial charge is 0.507 e. The molecule has 3 N–H and O–H groups in total. The van der Waals surface area contributed by atoms with E-state index in [1.165, 1.54) is 0 Å². The van der Waals surface area contributed by atoms with Gasteiger partial charge < -0.3 is 15.5 Å². The third-order valence-corrected chi connectivity index (χ3v) is 8.35. The molecule has 0 heterocycles. The van der Waals surface area contributed by atoms with Gasteiger partial charge in [0.2, 0.25) is 5.91 Å². The lowest BCUT2D eigenvalue weighted by molar-refractivity contribution is -0.122. The van der Waals surface area contributed by atoms with Crippen molar-refractivity contribution < 1.29 is 19.8 Å². The maximum atomic E-state index is 13.3. The number of amides is 1. The second kappa shape index (κ2) is 15.0. The molecular weight excluding hydrogens is 570 g/mol. The Morgan fingerprint density at radius 3 is 1.37 bits per heavy atom. The van der Waals surface area contributed by atoms with Gasteiger partial charge in [-0.25, -0.2) is 0 Å². The number of rotatable bonds is 11. The van der Waals surface area contributed by atoms with E-state index in [1.54, 1.807) is 0 Å². The van der Waals surface area contributed by atoms with Gasteiger partial charge in [-0.05, 0) is 74.8 Å². The molecule has 2 aromatic carbocycles. The van der Waals surface area contributed by atoms with Crippen molar-refractivity contribution in [3.8, 4) is 11.5 Å². The Morgan fingerprint density at radius 1 is 0.652 bits per heavy atom. The maximum absolute atomic E-state index is 13.3. The van der Waals surface area contributed by atoms with Gasteiger partial charge in [0.25, 0.3) is 0 Å². The van der Waals surface area contributed by atoms with E-state index in [0.29, 0.717) is 30.8 Å². The van der Waals surface area contributed by atoms with Gasteiger partial charge >= 0.3 is 0 Å². The zero-order chi connectivity index (χ0) is 35.3. The molecule has 0 spiro atoms. The van der Waals surface area contributed by atoms with Crippen LogP contribution >= 0.6 is 0 Å². The molecule has 0 radical (unpaired) electrons. The first kappa shape index (κ1) is 38.8. The van der Waals surface area contributed by atoms with Crippen LogP contribution in [0.3, 0.4) is 0 Å². The highest BCUT2D eigenvalue weighted by atomic mass is 16.3. The van der Waals surface area contributed by atoms with Crippen molar-refractivity contribution in [2.24, 2.45) is 0 Å². The number of benzene rings is 2. The summed E-state index contributed by atoms with van der Waals surface area (Å²) in [7, 11) is 0. The molecule has 0 aliphatic heterocycles. The molecule has 46 heavy (non-hydrogen) atoms. The molecule has 0 aliphatic rings. The summed E-state index contributed by atoms with van der Waals surface area (Å²) in [4.78, 5) is 26.5. The van der Waals surface area contributed by atoms with Crippen LogP contribution in [0.4, 0.5) is 0 Å². The van der Waals surface area contributed by atoms with E-state index in [0.717, 1.165) is 33.4 Å². The minimum absolute atomic E-state index is 0.0706. The number of phenols is 2. The standard InChI is InChI=1S/C41H61NO4/c1-14-15-16-17-29(26-30(43)20-18-27-22-31(38(2,3)4)36(45)32(23-27)39(5,6)7)42-35(44)21-19-28-24-33(40(8,9)10)37(46)34(25-28)41(11,12)13/h14-17,22-25,29,45-46H,18-21,26H2,1-13H3,(H,42,44)/b15-14+,17-16+. The Balaban J connectivity index is 2.20. The zero-order valence-corrected chi connectivity index (χ0v) is 30.9. The van der Waals surface area contributed by atoms with Gasteiger partial charge in [0, 0.05) is 19.3 Å². The Bertz CT molecular complexity index is 1260. The third kappa shape index (κ3) is 11.2. The van der Waals surface area contributed by atoms with Crippen molar-refractivity contribution in [3.63, 3.8) is 0 Å². The van der Waals surface area contributed by atoms with Gasteiger partial charge in [-0.2, -0.15) is 0 Å². The van der Waals surface area contributed by atoms with Crippen LogP contribution in [-0.4, -0.2) is 27.9 Å². The Kier molecular flexibility index (Phi) is 12.7. The number of hydrogen-bond acceptors (Lipinski definition) is 4. The molecule has 1 unspecified atom stereocenters. The molecule has 1 amide bonds. The van der Waals surface area contributed by atoms with Crippen molar-refractivity contribution in [2.75, 3.05) is 0 Å². The van der Waals surface area contributed by atoms with Gasteiger partial charge in [0.15, 0.2) is 0 Å². The zero-order valence-electron chi connectivity index (χ0n) is 30.9. The lowest BCUT2D eigenvalue weighted by Crippen LogP contribution is -2.35. The van der Waals surface area contributed by atoms with Gasteiger partial charge in [-0.15, -0.1) is 0 Å². The monoisotopic (exact) mass is 631 g/mol. The minimum atomic E-state index is -0.415. The fourth-order valence-corrected chi connectivity index (χ4v) is 5.61. The summed E-state index contributed by atoms with van der Waals surface area (Å²) >= 11 is 0. The van der Waals surface area contributed by atoms with Crippen LogP contribution in [0, 0.1) is 0 Å². The predicted molar refractivity (Wildman–Crippen MR) is 193 cm³/mol. The SMILES string of the molecule is C/C=C/C=C/C(CC(=O)CCc1cc(C(C)(C)C)c(O)c(C(C)(C)C)c1)NC(=O)CCc1cc(C(C)(C)C)c(O)c(C(C)(C)C)c1. The Morgan fingerprint density at radius 2 is 1.02 bits per heavy atom. The van der Waals surface area contributed by atoms with E-state index in [2.05, 4.69) is 88.4 Å². The third-order valence-electron chi connectivity index (χ3n) is 8.35. The number of aromatic hydroxyl groups is 2. The Labute approximate surface area is 279 Å². The summed E-state index contributed by atoms with van der Waals surface area (Å²) in [6.45, 7) is 26.9. The minimum Gasteiger partial charge on any atom is -0.507 e. The number of phenolic OH excluding ortho intramolecular Hbond substituents is 2. The number of nitrogens with one attached hydrogen (secondary N) is 1. The molecular formula is C41H61NO4. The van der Waals surface area contributed by atoms with E-state index < -0.39 is 6.04 Å². The second-order valence-corrected chi connectivity index (χ2v) is 16.9. The second-order valence-electron chi connectivity index (χ2n) is 16.9. The Hall–Kier alpha value is -3.34. The molecule has 0 aromatic heterocycles. The van der Waals surface area contributed by atoms with Crippen LogP contribution in [0.25, 0.3) is 0 Å². The highest BCUT2D eigenvalue weighted by Gasteiger charge is 2.28. The first-order chi connectivity index (χ1) is 20.9. The lowest BCUT2D eigenvalue weighted by Gasteiger charge is -2.28. The molecule has 2 aromatic rings. The van der Waals surface area contributed by atoms with E-state index >= 15 is 0 Å². The van der Waals surface area contributed by atoms with E-state index in [1.807, 2.05) is 55.5 Å². The number of allylic oxidation sites excluding steroid dienone is 3. The molecule has 5 heteroatoms. The van der Waals surface area contributed by atoms with Crippen molar-refractivity contribution >= 4 is 11.7 Å². The molecule has 0 saturated carbocycles.